The highest BCUT2D eigenvalue weighted by atomic mass is 19.1. The van der Waals surface area contributed by atoms with E-state index in [0.717, 1.165) is 12.8 Å². The highest BCUT2D eigenvalue weighted by Gasteiger charge is 2.28. The maximum Gasteiger partial charge on any atom is 0.226 e. The number of carbonyl (C=O) groups excluding carboxylic acids is 1. The minimum atomic E-state index is -0.202. The van der Waals surface area contributed by atoms with Crippen LogP contribution < -0.4 is 4.90 Å². The number of rotatable bonds is 6. The van der Waals surface area contributed by atoms with Crippen molar-refractivity contribution < 1.29 is 9.18 Å². The fourth-order valence-corrected chi connectivity index (χ4v) is 2.90. The van der Waals surface area contributed by atoms with Crippen LogP contribution in [0.5, 0.6) is 0 Å². The number of hydrogen-bond donors (Lipinski definition) is 0. The molecule has 22 heavy (non-hydrogen) atoms. The van der Waals surface area contributed by atoms with E-state index in [1.54, 1.807) is 29.2 Å². The number of benzene rings is 1. The maximum absolute atomic E-state index is 13.8. The number of carbonyl (C=O) groups is 1. The minimum Gasteiger partial charge on any atom is -0.369 e. The summed E-state index contributed by atoms with van der Waals surface area (Å²) < 4.78 is 13.8. The number of nitrogens with zero attached hydrogens (tertiary/aromatic N) is 2. The van der Waals surface area contributed by atoms with E-state index in [1.165, 1.54) is 6.07 Å². The zero-order chi connectivity index (χ0) is 15.9. The molecule has 1 aliphatic heterocycles. The molecule has 1 amide bonds. The van der Waals surface area contributed by atoms with Crippen LogP contribution in [0.15, 0.2) is 49.6 Å². The molecule has 1 aromatic carbocycles. The smallest absolute Gasteiger partial charge is 0.226 e. The summed E-state index contributed by atoms with van der Waals surface area (Å²) in [6.07, 6.45) is 4.96. The van der Waals surface area contributed by atoms with Crippen molar-refractivity contribution in [1.82, 2.24) is 4.90 Å². The van der Waals surface area contributed by atoms with E-state index >= 15 is 0 Å². The Bertz CT molecular complexity index is 526. The first-order valence-electron chi connectivity index (χ1n) is 7.67. The van der Waals surface area contributed by atoms with Gasteiger partial charge < -0.3 is 9.80 Å². The van der Waals surface area contributed by atoms with Crippen LogP contribution in [0.25, 0.3) is 0 Å². The zero-order valence-electron chi connectivity index (χ0n) is 12.9. The molecular weight excluding hydrogens is 279 g/mol. The summed E-state index contributed by atoms with van der Waals surface area (Å²) in [5, 5.41) is 0. The average molecular weight is 302 g/mol. The van der Waals surface area contributed by atoms with Gasteiger partial charge in [0.25, 0.3) is 0 Å². The molecule has 3 nitrogen and oxygen atoms in total. The number of hydrogen-bond acceptors (Lipinski definition) is 2. The molecule has 4 heteroatoms. The second-order valence-corrected chi connectivity index (χ2v) is 5.53. The Labute approximate surface area is 131 Å². The first-order valence-corrected chi connectivity index (χ1v) is 7.67. The van der Waals surface area contributed by atoms with Crippen LogP contribution >= 0.6 is 0 Å². The van der Waals surface area contributed by atoms with E-state index < -0.39 is 0 Å². The molecule has 1 heterocycles. The minimum absolute atomic E-state index is 0.00271. The van der Waals surface area contributed by atoms with Crippen LogP contribution in [-0.2, 0) is 4.79 Å². The first kappa shape index (κ1) is 16.3. The van der Waals surface area contributed by atoms with Gasteiger partial charge in [-0.2, -0.15) is 0 Å². The fourth-order valence-electron chi connectivity index (χ4n) is 2.90. The lowest BCUT2D eigenvalue weighted by atomic mass is 9.94. The number of halogens is 1. The predicted octanol–water partition coefficient (Wildman–Crippen LogP) is 3.24. The Kier molecular flexibility index (Phi) is 5.75. The Hall–Kier alpha value is -2.10. The first-order chi connectivity index (χ1) is 10.7. The molecule has 118 valence electrons. The van der Waals surface area contributed by atoms with Crippen molar-refractivity contribution in [2.45, 2.75) is 12.8 Å². The molecule has 0 aliphatic carbocycles. The summed E-state index contributed by atoms with van der Waals surface area (Å²) >= 11 is 0. The van der Waals surface area contributed by atoms with E-state index in [2.05, 4.69) is 13.2 Å². The second kappa shape index (κ2) is 7.78. The summed E-state index contributed by atoms with van der Waals surface area (Å²) in [5.41, 5.74) is 0.627. The van der Waals surface area contributed by atoms with Crippen molar-refractivity contribution in [3.63, 3.8) is 0 Å². The zero-order valence-corrected chi connectivity index (χ0v) is 12.9. The van der Waals surface area contributed by atoms with Crippen LogP contribution in [0.1, 0.15) is 12.8 Å². The maximum atomic E-state index is 13.8. The third kappa shape index (κ3) is 3.75. The molecule has 0 atom stereocenters. The van der Waals surface area contributed by atoms with E-state index in [9.17, 15) is 9.18 Å². The van der Waals surface area contributed by atoms with E-state index in [4.69, 9.17) is 0 Å². The van der Waals surface area contributed by atoms with Gasteiger partial charge in [0.2, 0.25) is 5.91 Å². The number of anilines is 1. The standard InChI is InChI=1S/C18H23FN2O/c1-3-11-21(12-4-2)18(22)15-9-13-20(14-10-15)17-8-6-5-7-16(17)19/h3-8,15H,1-2,9-14H2. The molecule has 1 aliphatic rings. The van der Waals surface area contributed by atoms with Crippen LogP contribution in [0.2, 0.25) is 0 Å². The highest BCUT2D eigenvalue weighted by molar-refractivity contribution is 5.79. The van der Waals surface area contributed by atoms with Crippen molar-refractivity contribution >= 4 is 11.6 Å². The Morgan fingerprint density at radius 2 is 1.82 bits per heavy atom. The summed E-state index contributed by atoms with van der Waals surface area (Å²) in [6, 6.07) is 6.80. The summed E-state index contributed by atoms with van der Waals surface area (Å²) in [7, 11) is 0. The van der Waals surface area contributed by atoms with Crippen molar-refractivity contribution in [1.29, 1.82) is 0 Å². The lowest BCUT2D eigenvalue weighted by Gasteiger charge is -2.35. The molecule has 0 radical (unpaired) electrons. The normalized spacial score (nSPS) is 15.4. The van der Waals surface area contributed by atoms with Crippen LogP contribution in [0.4, 0.5) is 10.1 Å². The fraction of sp³-hybridized carbons (Fsp3) is 0.389. The molecule has 1 saturated heterocycles. The van der Waals surface area contributed by atoms with Gasteiger partial charge in [0.1, 0.15) is 5.82 Å². The summed E-state index contributed by atoms with van der Waals surface area (Å²) in [5.74, 6) is -0.0527. The Balaban J connectivity index is 1.96. The van der Waals surface area contributed by atoms with E-state index in [0.29, 0.717) is 31.9 Å². The molecule has 0 saturated carbocycles. The summed E-state index contributed by atoms with van der Waals surface area (Å²) in [4.78, 5) is 16.3. The largest absolute Gasteiger partial charge is 0.369 e. The van der Waals surface area contributed by atoms with Crippen molar-refractivity contribution in [3.8, 4) is 0 Å². The number of amides is 1. The van der Waals surface area contributed by atoms with Crippen molar-refractivity contribution in [2.24, 2.45) is 5.92 Å². The third-order valence-corrected chi connectivity index (χ3v) is 4.05. The number of para-hydroxylation sites is 1. The molecule has 0 aromatic heterocycles. The molecule has 0 unspecified atom stereocenters. The Morgan fingerprint density at radius 3 is 2.36 bits per heavy atom. The van der Waals surface area contributed by atoms with Gasteiger partial charge in [-0.3, -0.25) is 4.79 Å². The van der Waals surface area contributed by atoms with Gasteiger partial charge in [0.05, 0.1) is 5.69 Å². The Morgan fingerprint density at radius 1 is 1.23 bits per heavy atom. The SMILES string of the molecule is C=CCN(CC=C)C(=O)C1CCN(c2ccccc2F)CC1. The van der Waals surface area contributed by atoms with Crippen LogP contribution in [0, 0.1) is 11.7 Å². The monoisotopic (exact) mass is 302 g/mol. The lowest BCUT2D eigenvalue weighted by Crippen LogP contribution is -2.43. The quantitative estimate of drug-likeness (QED) is 0.753. The van der Waals surface area contributed by atoms with Gasteiger partial charge in [-0.25, -0.2) is 4.39 Å². The predicted molar refractivity (Wildman–Crippen MR) is 88.3 cm³/mol. The van der Waals surface area contributed by atoms with Gasteiger partial charge >= 0.3 is 0 Å². The molecule has 2 rings (SSSR count). The van der Waals surface area contributed by atoms with Crippen molar-refractivity contribution in [2.75, 3.05) is 31.1 Å². The van der Waals surface area contributed by atoms with Gasteiger partial charge in [0.15, 0.2) is 0 Å². The molecule has 0 bridgehead atoms. The third-order valence-electron chi connectivity index (χ3n) is 4.05. The second-order valence-electron chi connectivity index (χ2n) is 5.53. The molecule has 0 N–H and O–H groups in total. The van der Waals surface area contributed by atoms with Gasteiger partial charge in [-0.05, 0) is 25.0 Å². The van der Waals surface area contributed by atoms with Crippen molar-refractivity contribution in [3.05, 3.63) is 55.4 Å². The summed E-state index contributed by atoms with van der Waals surface area (Å²) in [6.45, 7) is 9.87. The number of piperidine rings is 1. The van der Waals surface area contributed by atoms with E-state index in [-0.39, 0.29) is 17.6 Å². The molecule has 0 spiro atoms. The van der Waals surface area contributed by atoms with Gasteiger partial charge in [0, 0.05) is 32.1 Å². The lowest BCUT2D eigenvalue weighted by molar-refractivity contribution is -0.135. The van der Waals surface area contributed by atoms with Gasteiger partial charge in [-0.15, -0.1) is 13.2 Å². The average Bonchev–Trinajstić information content (AvgIpc) is 2.55. The molecule has 1 aromatic rings. The highest BCUT2D eigenvalue weighted by Crippen LogP contribution is 2.26. The van der Waals surface area contributed by atoms with E-state index in [1.807, 2.05) is 11.0 Å². The molecule has 1 fully saturated rings. The van der Waals surface area contributed by atoms with Crippen LogP contribution in [-0.4, -0.2) is 37.0 Å². The topological polar surface area (TPSA) is 23.6 Å². The molecular formula is C18H23FN2O. The van der Waals surface area contributed by atoms with Gasteiger partial charge in [-0.1, -0.05) is 24.3 Å². The van der Waals surface area contributed by atoms with Crippen LogP contribution in [0.3, 0.4) is 0 Å².